The third kappa shape index (κ3) is 15.3. The molecule has 0 spiro atoms. The highest BCUT2D eigenvalue weighted by molar-refractivity contribution is 6.71. The van der Waals surface area contributed by atoms with Gasteiger partial charge in [0.05, 0.1) is 11.8 Å². The van der Waals surface area contributed by atoms with E-state index in [1.165, 1.54) is 30.4 Å². The number of carbonyl (C=O) groups is 1. The van der Waals surface area contributed by atoms with Crippen LogP contribution >= 0.6 is 0 Å². The van der Waals surface area contributed by atoms with Crippen LogP contribution in [-0.4, -0.2) is 41.0 Å². The van der Waals surface area contributed by atoms with Crippen molar-refractivity contribution in [3.63, 3.8) is 0 Å². The SMILES string of the molecule is CCCCC[C@@H](/C=C/C1=C(C/C=C/CCCC(=O)O[Si](C)(C)C)C(=N\OCC)/CC1)O[Si](C)(C)C. The maximum Gasteiger partial charge on any atom is 0.292 e. The summed E-state index contributed by atoms with van der Waals surface area (Å²) < 4.78 is 12.0. The first-order valence-corrected chi connectivity index (χ1v) is 20.4. The van der Waals surface area contributed by atoms with Gasteiger partial charge in [0.15, 0.2) is 8.32 Å². The van der Waals surface area contributed by atoms with Crippen molar-refractivity contribution in [1.82, 2.24) is 0 Å². The van der Waals surface area contributed by atoms with E-state index in [1.54, 1.807) is 0 Å². The zero-order valence-corrected chi connectivity index (χ0v) is 25.7. The molecule has 200 valence electrons. The third-order valence-corrected chi connectivity index (χ3v) is 7.29. The van der Waals surface area contributed by atoms with Gasteiger partial charge in [-0.05, 0) is 95.9 Å². The Labute approximate surface area is 217 Å². The molecule has 5 nitrogen and oxygen atoms in total. The number of carbonyl (C=O) groups excluding carboxylic acids is 1. The van der Waals surface area contributed by atoms with Crippen molar-refractivity contribution in [3.8, 4) is 0 Å². The van der Waals surface area contributed by atoms with E-state index in [4.69, 9.17) is 13.7 Å². The molecular formula is C28H51NO4Si2. The predicted octanol–water partition coefficient (Wildman–Crippen LogP) is 8.32. The van der Waals surface area contributed by atoms with Crippen LogP contribution in [0.3, 0.4) is 0 Å². The second-order valence-corrected chi connectivity index (χ2v) is 20.1. The molecule has 0 unspecified atom stereocenters. The largest absolute Gasteiger partial charge is 0.520 e. The Kier molecular flexibility index (Phi) is 14.7. The smallest absolute Gasteiger partial charge is 0.292 e. The lowest BCUT2D eigenvalue weighted by atomic mass is 10.0. The molecule has 0 heterocycles. The van der Waals surface area contributed by atoms with Gasteiger partial charge in [0.1, 0.15) is 6.61 Å². The molecule has 0 aromatic rings. The molecule has 35 heavy (non-hydrogen) atoms. The van der Waals surface area contributed by atoms with Gasteiger partial charge in [0.2, 0.25) is 8.32 Å². The number of unbranched alkanes of at least 4 members (excludes halogenated alkanes) is 3. The van der Waals surface area contributed by atoms with Crippen molar-refractivity contribution in [2.45, 2.75) is 123 Å². The summed E-state index contributed by atoms with van der Waals surface area (Å²) in [5.74, 6) is -0.0661. The number of hydrogen-bond acceptors (Lipinski definition) is 5. The summed E-state index contributed by atoms with van der Waals surface area (Å²) in [4.78, 5) is 17.3. The molecule has 0 bridgehead atoms. The molecule has 7 heteroatoms. The number of oxime groups is 1. The Morgan fingerprint density at radius 3 is 2.37 bits per heavy atom. The van der Waals surface area contributed by atoms with Crippen LogP contribution in [0.25, 0.3) is 0 Å². The minimum absolute atomic E-state index is 0.0661. The monoisotopic (exact) mass is 521 g/mol. The predicted molar refractivity (Wildman–Crippen MR) is 154 cm³/mol. The standard InChI is InChI=1S/C28H51NO4Si2/c1-9-11-14-17-25(32-34(3,4)5)22-20-24-21-23-27(29-31-10-2)26(24)18-15-12-13-16-19-28(30)33-35(6,7)8/h12,15,20,22,25H,9-11,13-14,16-19,21,23H2,1-8H3/b15-12+,22-20+,29-27-/t25-/m0/s1. The molecule has 0 fully saturated rings. The number of hydrogen-bond donors (Lipinski definition) is 0. The summed E-state index contributed by atoms with van der Waals surface area (Å²) in [6.45, 7) is 17.7. The third-order valence-electron chi connectivity index (χ3n) is 5.44. The molecular weight excluding hydrogens is 470 g/mol. The second kappa shape index (κ2) is 16.3. The molecule has 0 N–H and O–H groups in total. The van der Waals surface area contributed by atoms with Crippen molar-refractivity contribution in [1.29, 1.82) is 0 Å². The number of rotatable bonds is 17. The topological polar surface area (TPSA) is 57.1 Å². The molecule has 0 aromatic carbocycles. The molecule has 0 amide bonds. The Balaban J connectivity index is 2.83. The van der Waals surface area contributed by atoms with Crippen LogP contribution in [0, 0.1) is 0 Å². The van der Waals surface area contributed by atoms with Crippen LogP contribution in [0.5, 0.6) is 0 Å². The molecule has 0 aromatic heterocycles. The first kappa shape index (κ1) is 31.6. The highest BCUT2D eigenvalue weighted by atomic mass is 28.4. The highest BCUT2D eigenvalue weighted by Crippen LogP contribution is 2.29. The average Bonchev–Trinajstić information content (AvgIpc) is 3.12. The molecule has 1 aliphatic carbocycles. The summed E-state index contributed by atoms with van der Waals surface area (Å²) in [5, 5.41) is 4.40. The maximum atomic E-state index is 11.9. The van der Waals surface area contributed by atoms with E-state index >= 15 is 0 Å². The molecule has 1 rings (SSSR count). The Hall–Kier alpha value is -1.45. The summed E-state index contributed by atoms with van der Waals surface area (Å²) in [6, 6.07) is 0. The fourth-order valence-electron chi connectivity index (χ4n) is 3.96. The van der Waals surface area contributed by atoms with Gasteiger partial charge in [-0.1, -0.05) is 55.6 Å². The van der Waals surface area contributed by atoms with Crippen molar-refractivity contribution >= 4 is 28.3 Å². The van der Waals surface area contributed by atoms with Gasteiger partial charge in [-0.2, -0.15) is 0 Å². The van der Waals surface area contributed by atoms with Crippen molar-refractivity contribution in [2.24, 2.45) is 5.16 Å². The quantitative estimate of drug-likeness (QED) is 0.0835. The molecule has 0 saturated heterocycles. The van der Waals surface area contributed by atoms with E-state index in [0.717, 1.165) is 44.2 Å². The lowest BCUT2D eigenvalue weighted by Crippen LogP contribution is -2.31. The first-order chi connectivity index (χ1) is 16.4. The maximum absolute atomic E-state index is 11.9. The molecule has 1 atom stereocenters. The zero-order valence-electron chi connectivity index (χ0n) is 23.7. The van der Waals surface area contributed by atoms with Crippen LogP contribution in [0.2, 0.25) is 39.3 Å². The van der Waals surface area contributed by atoms with E-state index in [9.17, 15) is 4.79 Å². The van der Waals surface area contributed by atoms with E-state index in [0.29, 0.717) is 13.0 Å². The lowest BCUT2D eigenvalue weighted by molar-refractivity contribution is -0.135. The van der Waals surface area contributed by atoms with Gasteiger partial charge in [0, 0.05) is 6.42 Å². The molecule has 0 radical (unpaired) electrons. The molecule has 0 aliphatic heterocycles. The minimum atomic E-state index is -1.79. The first-order valence-electron chi connectivity index (χ1n) is 13.6. The number of nitrogens with zero attached hydrogens (tertiary/aromatic N) is 1. The minimum Gasteiger partial charge on any atom is -0.520 e. The fraction of sp³-hybridized carbons (Fsp3) is 0.714. The fourth-order valence-corrected chi connectivity index (χ4v) is 5.85. The summed E-state index contributed by atoms with van der Waals surface area (Å²) in [7, 11) is -3.41. The van der Waals surface area contributed by atoms with Crippen LogP contribution in [0.15, 0.2) is 40.6 Å². The van der Waals surface area contributed by atoms with E-state index in [2.05, 4.69) is 56.0 Å². The van der Waals surface area contributed by atoms with Gasteiger partial charge >= 0.3 is 0 Å². The van der Waals surface area contributed by atoms with Gasteiger partial charge in [-0.15, -0.1) is 0 Å². The van der Waals surface area contributed by atoms with Gasteiger partial charge < -0.3 is 13.7 Å². The van der Waals surface area contributed by atoms with Crippen molar-refractivity contribution in [3.05, 3.63) is 35.5 Å². The molecule has 1 aliphatic rings. The van der Waals surface area contributed by atoms with Crippen molar-refractivity contribution < 1.29 is 18.5 Å². The highest BCUT2D eigenvalue weighted by Gasteiger charge is 2.22. The Bertz CT molecular complexity index is 758. The summed E-state index contributed by atoms with van der Waals surface area (Å²) in [6.07, 6.45) is 18.8. The van der Waals surface area contributed by atoms with E-state index < -0.39 is 16.6 Å². The Morgan fingerprint density at radius 2 is 1.74 bits per heavy atom. The zero-order chi connectivity index (χ0) is 26.3. The average molecular weight is 522 g/mol. The van der Waals surface area contributed by atoms with Gasteiger partial charge in [0.25, 0.3) is 5.97 Å². The normalized spacial score (nSPS) is 17.2. The summed E-state index contributed by atoms with van der Waals surface area (Å²) in [5.41, 5.74) is 3.67. The van der Waals surface area contributed by atoms with Gasteiger partial charge in [-0.25, -0.2) is 0 Å². The second-order valence-electron chi connectivity index (χ2n) is 11.2. The van der Waals surface area contributed by atoms with Crippen LogP contribution in [0.1, 0.15) is 78.1 Å². The Morgan fingerprint density at radius 1 is 1.00 bits per heavy atom. The molecule has 0 saturated carbocycles. The van der Waals surface area contributed by atoms with Crippen molar-refractivity contribution in [2.75, 3.05) is 6.61 Å². The number of allylic oxidation sites excluding steroid dienone is 5. The lowest BCUT2D eigenvalue weighted by Gasteiger charge is -2.24. The van der Waals surface area contributed by atoms with E-state index in [1.807, 2.05) is 26.6 Å². The van der Waals surface area contributed by atoms with Crippen LogP contribution in [-0.2, 0) is 18.5 Å². The summed E-state index contributed by atoms with van der Waals surface area (Å²) >= 11 is 0. The van der Waals surface area contributed by atoms with Crippen LogP contribution in [0.4, 0.5) is 0 Å². The van der Waals surface area contributed by atoms with Crippen LogP contribution < -0.4 is 0 Å². The van der Waals surface area contributed by atoms with E-state index in [-0.39, 0.29) is 12.1 Å². The van der Waals surface area contributed by atoms with Gasteiger partial charge in [-0.3, -0.25) is 4.79 Å².